The minimum Gasteiger partial charge on any atom is -0.455 e. The second kappa shape index (κ2) is 6.95. The van der Waals surface area contributed by atoms with E-state index in [0.29, 0.717) is 22.2 Å². The molecule has 2 rings (SSSR count). The van der Waals surface area contributed by atoms with Crippen LogP contribution in [0.4, 0.5) is 5.69 Å². The van der Waals surface area contributed by atoms with Crippen molar-refractivity contribution >= 4 is 23.0 Å². The van der Waals surface area contributed by atoms with Gasteiger partial charge in [-0.3, -0.25) is 5.43 Å². The SMILES string of the molecule is N#CC(C#N)=NNc1ccccc1Oc1cccc(Cl)c1. The maximum atomic E-state index is 8.65. The molecule has 0 fully saturated rings. The van der Waals surface area contributed by atoms with E-state index in [1.165, 1.54) is 0 Å². The molecule has 0 spiro atoms. The van der Waals surface area contributed by atoms with Gasteiger partial charge in [0.15, 0.2) is 5.75 Å². The lowest BCUT2D eigenvalue weighted by molar-refractivity contribution is 0.484. The monoisotopic (exact) mass is 296 g/mol. The zero-order valence-electron chi connectivity index (χ0n) is 10.7. The number of nitrogens with one attached hydrogen (secondary N) is 1. The van der Waals surface area contributed by atoms with Gasteiger partial charge in [0.1, 0.15) is 17.9 Å². The van der Waals surface area contributed by atoms with Gasteiger partial charge in [-0.2, -0.15) is 15.6 Å². The predicted octanol–water partition coefficient (Wildman–Crippen LogP) is 3.95. The van der Waals surface area contributed by atoms with Crippen LogP contribution < -0.4 is 10.2 Å². The Hall–Kier alpha value is -3.02. The maximum absolute atomic E-state index is 8.65. The van der Waals surface area contributed by atoms with Crippen molar-refractivity contribution in [3.05, 3.63) is 53.6 Å². The Bertz CT molecular complexity index is 743. The topological polar surface area (TPSA) is 81.2 Å². The van der Waals surface area contributed by atoms with E-state index >= 15 is 0 Å². The smallest absolute Gasteiger partial charge is 0.237 e. The van der Waals surface area contributed by atoms with Gasteiger partial charge < -0.3 is 4.74 Å². The molecule has 5 nitrogen and oxygen atoms in total. The number of hydrogen-bond donors (Lipinski definition) is 1. The fourth-order valence-corrected chi connectivity index (χ4v) is 1.68. The molecular weight excluding hydrogens is 288 g/mol. The van der Waals surface area contributed by atoms with Crippen molar-refractivity contribution in [3.8, 4) is 23.6 Å². The summed E-state index contributed by atoms with van der Waals surface area (Å²) in [6, 6.07) is 17.3. The van der Waals surface area contributed by atoms with Crippen LogP contribution in [0, 0.1) is 22.7 Å². The highest BCUT2D eigenvalue weighted by Gasteiger charge is 2.04. The molecule has 0 aliphatic carbocycles. The van der Waals surface area contributed by atoms with Gasteiger partial charge in [0.2, 0.25) is 5.71 Å². The lowest BCUT2D eigenvalue weighted by Gasteiger charge is -2.10. The summed E-state index contributed by atoms with van der Waals surface area (Å²) in [4.78, 5) is 0. The van der Waals surface area contributed by atoms with E-state index in [9.17, 15) is 0 Å². The summed E-state index contributed by atoms with van der Waals surface area (Å²) < 4.78 is 5.71. The van der Waals surface area contributed by atoms with Crippen molar-refractivity contribution in [2.24, 2.45) is 5.10 Å². The highest BCUT2D eigenvalue weighted by Crippen LogP contribution is 2.30. The summed E-state index contributed by atoms with van der Waals surface area (Å²) >= 11 is 5.90. The summed E-state index contributed by atoms with van der Waals surface area (Å²) in [7, 11) is 0. The average molecular weight is 297 g/mol. The first-order valence-corrected chi connectivity index (χ1v) is 6.27. The Balaban J connectivity index is 2.24. The van der Waals surface area contributed by atoms with Crippen LogP contribution in [0.1, 0.15) is 0 Å². The van der Waals surface area contributed by atoms with Crippen LogP contribution in [0.5, 0.6) is 11.5 Å². The van der Waals surface area contributed by atoms with Crippen LogP contribution in [0.15, 0.2) is 53.6 Å². The van der Waals surface area contributed by atoms with Gasteiger partial charge in [0.05, 0.1) is 5.69 Å². The molecule has 2 aromatic rings. The average Bonchev–Trinajstić information content (AvgIpc) is 2.50. The molecule has 0 saturated heterocycles. The minimum absolute atomic E-state index is 0.271. The number of anilines is 1. The van der Waals surface area contributed by atoms with Crippen LogP contribution in [0.3, 0.4) is 0 Å². The molecule has 0 radical (unpaired) electrons. The van der Waals surface area contributed by atoms with Gasteiger partial charge >= 0.3 is 0 Å². The van der Waals surface area contributed by atoms with Crippen molar-refractivity contribution in [2.75, 3.05) is 5.43 Å². The fourth-order valence-electron chi connectivity index (χ4n) is 1.50. The molecule has 2 aromatic carbocycles. The lowest BCUT2D eigenvalue weighted by Crippen LogP contribution is -1.98. The Morgan fingerprint density at radius 3 is 2.57 bits per heavy atom. The molecule has 0 aromatic heterocycles. The van der Waals surface area contributed by atoms with Crippen LogP contribution in [0.2, 0.25) is 5.02 Å². The van der Waals surface area contributed by atoms with E-state index in [2.05, 4.69) is 10.5 Å². The standard InChI is InChI=1S/C15H9ClN4O/c16-11-4-3-5-13(8-11)21-15-7-2-1-6-14(15)20-19-12(9-17)10-18/h1-8,20H. The molecule has 1 N–H and O–H groups in total. The third-order valence-electron chi connectivity index (χ3n) is 2.41. The zero-order valence-corrected chi connectivity index (χ0v) is 11.5. The molecule has 0 aliphatic heterocycles. The normalized spacial score (nSPS) is 9.10. The van der Waals surface area contributed by atoms with E-state index in [1.54, 1.807) is 60.7 Å². The van der Waals surface area contributed by atoms with Gasteiger partial charge in [-0.15, -0.1) is 0 Å². The number of benzene rings is 2. The molecule has 0 aliphatic rings. The molecular formula is C15H9ClN4O. The van der Waals surface area contributed by atoms with Crippen molar-refractivity contribution in [1.82, 2.24) is 0 Å². The molecule has 0 saturated carbocycles. The molecule has 0 heterocycles. The second-order valence-electron chi connectivity index (χ2n) is 3.85. The summed E-state index contributed by atoms with van der Waals surface area (Å²) in [5.74, 6) is 1.07. The lowest BCUT2D eigenvalue weighted by atomic mass is 10.3. The largest absolute Gasteiger partial charge is 0.455 e. The van der Waals surface area contributed by atoms with Gasteiger partial charge in [-0.25, -0.2) is 0 Å². The maximum Gasteiger partial charge on any atom is 0.237 e. The van der Waals surface area contributed by atoms with Crippen molar-refractivity contribution in [1.29, 1.82) is 10.5 Å². The zero-order chi connectivity index (χ0) is 15.1. The quantitative estimate of drug-likeness (QED) is 0.684. The van der Waals surface area contributed by atoms with E-state index in [4.69, 9.17) is 26.9 Å². The predicted molar refractivity (Wildman–Crippen MR) is 80.3 cm³/mol. The van der Waals surface area contributed by atoms with E-state index in [0.717, 1.165) is 0 Å². The van der Waals surface area contributed by atoms with Gasteiger partial charge in [-0.05, 0) is 30.3 Å². The Labute approximate surface area is 126 Å². The molecule has 21 heavy (non-hydrogen) atoms. The first-order valence-electron chi connectivity index (χ1n) is 5.89. The van der Waals surface area contributed by atoms with Crippen LogP contribution in [-0.4, -0.2) is 5.71 Å². The summed E-state index contributed by atoms with van der Waals surface area (Å²) in [6.45, 7) is 0. The summed E-state index contributed by atoms with van der Waals surface area (Å²) in [6.07, 6.45) is 0. The highest BCUT2D eigenvalue weighted by molar-refractivity contribution is 6.30. The molecule has 0 amide bonds. The van der Waals surface area contributed by atoms with E-state index < -0.39 is 0 Å². The van der Waals surface area contributed by atoms with Gasteiger partial charge in [0, 0.05) is 5.02 Å². The number of ether oxygens (including phenoxy) is 1. The van der Waals surface area contributed by atoms with Gasteiger partial charge in [0.25, 0.3) is 0 Å². The second-order valence-corrected chi connectivity index (χ2v) is 4.29. The number of halogens is 1. The molecule has 102 valence electrons. The summed E-state index contributed by atoms with van der Waals surface area (Å²) in [5, 5.41) is 21.6. The highest BCUT2D eigenvalue weighted by atomic mass is 35.5. The Morgan fingerprint density at radius 1 is 1.10 bits per heavy atom. The van der Waals surface area contributed by atoms with E-state index in [-0.39, 0.29) is 5.71 Å². The van der Waals surface area contributed by atoms with Gasteiger partial charge in [-0.1, -0.05) is 29.8 Å². The first-order chi connectivity index (χ1) is 10.2. The van der Waals surface area contributed by atoms with Crippen LogP contribution >= 0.6 is 11.6 Å². The molecule has 6 heteroatoms. The Morgan fingerprint density at radius 2 is 1.86 bits per heavy atom. The van der Waals surface area contributed by atoms with Crippen LogP contribution in [-0.2, 0) is 0 Å². The third kappa shape index (κ3) is 3.97. The molecule has 0 bridgehead atoms. The fraction of sp³-hybridized carbons (Fsp3) is 0. The van der Waals surface area contributed by atoms with Crippen molar-refractivity contribution in [2.45, 2.75) is 0 Å². The number of hydrogen-bond acceptors (Lipinski definition) is 5. The number of hydrazone groups is 1. The minimum atomic E-state index is -0.271. The number of nitriles is 2. The molecule has 0 atom stereocenters. The first kappa shape index (κ1) is 14.4. The number of rotatable bonds is 4. The summed E-state index contributed by atoms with van der Waals surface area (Å²) in [5.41, 5.74) is 2.89. The van der Waals surface area contributed by atoms with Crippen LogP contribution in [0.25, 0.3) is 0 Å². The van der Waals surface area contributed by atoms with Crippen molar-refractivity contribution < 1.29 is 4.74 Å². The van der Waals surface area contributed by atoms with Crippen molar-refractivity contribution in [3.63, 3.8) is 0 Å². The number of nitrogens with zero attached hydrogens (tertiary/aromatic N) is 3. The third-order valence-corrected chi connectivity index (χ3v) is 2.65. The molecule has 0 unspecified atom stereocenters. The Kier molecular flexibility index (Phi) is 4.76. The van der Waals surface area contributed by atoms with E-state index in [1.807, 2.05) is 0 Å². The number of para-hydroxylation sites is 2.